The van der Waals surface area contributed by atoms with Crippen molar-refractivity contribution in [2.75, 3.05) is 60.4 Å². The molecular formula is C13H29N3. The minimum atomic E-state index is 1.24. The van der Waals surface area contributed by atoms with Crippen LogP contribution in [-0.2, 0) is 0 Å². The third-order valence-electron chi connectivity index (χ3n) is 3.49. The Balaban J connectivity index is 2.30. The molecule has 0 aromatic carbocycles. The van der Waals surface area contributed by atoms with E-state index in [-0.39, 0.29) is 0 Å². The van der Waals surface area contributed by atoms with Crippen molar-refractivity contribution in [2.45, 2.75) is 25.7 Å². The van der Waals surface area contributed by atoms with Crippen LogP contribution in [0.4, 0.5) is 0 Å². The van der Waals surface area contributed by atoms with Gasteiger partial charge in [-0.25, -0.2) is 0 Å². The maximum atomic E-state index is 2.48. The van der Waals surface area contributed by atoms with Crippen molar-refractivity contribution in [3.05, 3.63) is 0 Å². The summed E-state index contributed by atoms with van der Waals surface area (Å²) in [5.74, 6) is 0. The van der Waals surface area contributed by atoms with E-state index in [1.165, 1.54) is 65.0 Å². The van der Waals surface area contributed by atoms with E-state index in [0.29, 0.717) is 0 Å². The van der Waals surface area contributed by atoms with Gasteiger partial charge in [0, 0.05) is 0 Å². The van der Waals surface area contributed by atoms with Crippen LogP contribution in [0.3, 0.4) is 0 Å². The van der Waals surface area contributed by atoms with E-state index in [0.717, 1.165) is 0 Å². The molecule has 1 fully saturated rings. The van der Waals surface area contributed by atoms with Gasteiger partial charge in [-0.2, -0.15) is 0 Å². The molecule has 1 rings (SSSR count). The molecule has 0 aliphatic carbocycles. The first kappa shape index (κ1) is 13.9. The lowest BCUT2D eigenvalue weighted by atomic mass is 10.2. The Labute approximate surface area is 101 Å². The Hall–Kier alpha value is -0.120. The Bertz CT molecular complexity index is 155. The van der Waals surface area contributed by atoms with Crippen LogP contribution in [0.2, 0.25) is 0 Å². The number of hydrogen-bond donors (Lipinski definition) is 0. The van der Waals surface area contributed by atoms with Crippen LogP contribution in [0.5, 0.6) is 0 Å². The highest BCUT2D eigenvalue weighted by Gasteiger charge is 2.05. The zero-order valence-electron chi connectivity index (χ0n) is 11.4. The SMILES string of the molecule is CN1CCCCN(C)CCCN(C)CCC1. The van der Waals surface area contributed by atoms with Crippen LogP contribution in [-0.4, -0.2) is 75.1 Å². The average Bonchev–Trinajstić information content (AvgIpc) is 2.24. The summed E-state index contributed by atoms with van der Waals surface area (Å²) >= 11 is 0. The number of rotatable bonds is 0. The molecule has 16 heavy (non-hydrogen) atoms. The molecule has 0 unspecified atom stereocenters. The van der Waals surface area contributed by atoms with Gasteiger partial charge in [0.2, 0.25) is 0 Å². The molecule has 1 aliphatic rings. The Morgan fingerprint density at radius 2 is 0.688 bits per heavy atom. The van der Waals surface area contributed by atoms with Gasteiger partial charge in [-0.1, -0.05) is 0 Å². The molecule has 0 spiro atoms. The van der Waals surface area contributed by atoms with E-state index in [2.05, 4.69) is 35.8 Å². The van der Waals surface area contributed by atoms with Crippen molar-refractivity contribution in [1.29, 1.82) is 0 Å². The van der Waals surface area contributed by atoms with Gasteiger partial charge in [0.15, 0.2) is 0 Å². The van der Waals surface area contributed by atoms with Gasteiger partial charge in [-0.3, -0.25) is 0 Å². The lowest BCUT2D eigenvalue weighted by Gasteiger charge is -2.20. The Morgan fingerprint density at radius 3 is 1.00 bits per heavy atom. The molecule has 96 valence electrons. The van der Waals surface area contributed by atoms with Gasteiger partial charge in [-0.15, -0.1) is 0 Å². The summed E-state index contributed by atoms with van der Waals surface area (Å²) in [6.07, 6.45) is 5.30. The van der Waals surface area contributed by atoms with Gasteiger partial charge in [0.1, 0.15) is 0 Å². The lowest BCUT2D eigenvalue weighted by Crippen LogP contribution is -2.27. The molecule has 1 saturated heterocycles. The molecule has 1 heterocycles. The summed E-state index contributed by atoms with van der Waals surface area (Å²) in [6.45, 7) is 7.51. The standard InChI is InChI=1S/C13H29N3/c1-14-8-4-5-9-15(2)11-7-13-16(3)12-6-10-14/h4-13H2,1-3H3. The molecule has 3 nitrogen and oxygen atoms in total. The normalized spacial score (nSPS) is 25.7. The maximum Gasteiger partial charge on any atom is -0.000959 e. The fourth-order valence-electron chi connectivity index (χ4n) is 2.32. The highest BCUT2D eigenvalue weighted by atomic mass is 15.1. The second-order valence-corrected chi connectivity index (χ2v) is 5.32. The highest BCUT2D eigenvalue weighted by Crippen LogP contribution is 2.00. The van der Waals surface area contributed by atoms with Crippen molar-refractivity contribution in [3.8, 4) is 0 Å². The van der Waals surface area contributed by atoms with Gasteiger partial charge >= 0.3 is 0 Å². The van der Waals surface area contributed by atoms with Crippen LogP contribution in [0.1, 0.15) is 25.7 Å². The van der Waals surface area contributed by atoms with E-state index < -0.39 is 0 Å². The third-order valence-corrected chi connectivity index (χ3v) is 3.49. The van der Waals surface area contributed by atoms with Crippen LogP contribution >= 0.6 is 0 Å². The lowest BCUT2D eigenvalue weighted by molar-refractivity contribution is 0.270. The third kappa shape index (κ3) is 6.46. The average molecular weight is 227 g/mol. The van der Waals surface area contributed by atoms with Crippen molar-refractivity contribution in [2.24, 2.45) is 0 Å². The Kier molecular flexibility index (Phi) is 7.01. The molecule has 0 amide bonds. The smallest absolute Gasteiger partial charge is 0.000959 e. The first-order valence-corrected chi connectivity index (χ1v) is 6.74. The molecule has 0 bridgehead atoms. The summed E-state index contributed by atoms with van der Waals surface area (Å²) in [4.78, 5) is 7.43. The largest absolute Gasteiger partial charge is 0.306 e. The van der Waals surface area contributed by atoms with Crippen molar-refractivity contribution < 1.29 is 0 Å². The molecule has 0 radical (unpaired) electrons. The maximum absolute atomic E-state index is 2.48. The minimum Gasteiger partial charge on any atom is -0.306 e. The zero-order chi connectivity index (χ0) is 11.8. The van der Waals surface area contributed by atoms with Crippen molar-refractivity contribution >= 4 is 0 Å². The van der Waals surface area contributed by atoms with Crippen LogP contribution < -0.4 is 0 Å². The molecule has 0 aromatic heterocycles. The van der Waals surface area contributed by atoms with Crippen molar-refractivity contribution in [1.82, 2.24) is 14.7 Å². The summed E-state index contributed by atoms with van der Waals surface area (Å²) in [5, 5.41) is 0. The van der Waals surface area contributed by atoms with Crippen LogP contribution in [0, 0.1) is 0 Å². The molecule has 0 N–H and O–H groups in total. The molecule has 0 atom stereocenters. The van der Waals surface area contributed by atoms with Gasteiger partial charge < -0.3 is 14.7 Å². The number of hydrogen-bond acceptors (Lipinski definition) is 3. The van der Waals surface area contributed by atoms with Gasteiger partial charge in [0.25, 0.3) is 0 Å². The second-order valence-electron chi connectivity index (χ2n) is 5.32. The second kappa shape index (κ2) is 8.04. The summed E-state index contributed by atoms with van der Waals surface area (Å²) in [5.41, 5.74) is 0. The summed E-state index contributed by atoms with van der Waals surface area (Å²) < 4.78 is 0. The monoisotopic (exact) mass is 227 g/mol. The van der Waals surface area contributed by atoms with E-state index in [1.54, 1.807) is 0 Å². The minimum absolute atomic E-state index is 1.24. The predicted molar refractivity (Wildman–Crippen MR) is 71.0 cm³/mol. The fourth-order valence-corrected chi connectivity index (χ4v) is 2.32. The van der Waals surface area contributed by atoms with Gasteiger partial charge in [0.05, 0.1) is 0 Å². The summed E-state index contributed by atoms with van der Waals surface area (Å²) in [7, 11) is 6.76. The van der Waals surface area contributed by atoms with E-state index >= 15 is 0 Å². The van der Waals surface area contributed by atoms with E-state index in [4.69, 9.17) is 0 Å². The molecule has 3 heteroatoms. The van der Waals surface area contributed by atoms with Crippen LogP contribution in [0.15, 0.2) is 0 Å². The van der Waals surface area contributed by atoms with Crippen molar-refractivity contribution in [3.63, 3.8) is 0 Å². The zero-order valence-corrected chi connectivity index (χ0v) is 11.4. The molecule has 1 aliphatic heterocycles. The van der Waals surface area contributed by atoms with Crippen LogP contribution in [0.25, 0.3) is 0 Å². The quantitative estimate of drug-likeness (QED) is 0.618. The molecule has 0 aromatic rings. The van der Waals surface area contributed by atoms with E-state index in [1.807, 2.05) is 0 Å². The predicted octanol–water partition coefficient (Wildman–Crippen LogP) is 1.36. The fraction of sp³-hybridized carbons (Fsp3) is 1.00. The number of nitrogens with zero attached hydrogens (tertiary/aromatic N) is 3. The van der Waals surface area contributed by atoms with E-state index in [9.17, 15) is 0 Å². The Morgan fingerprint density at radius 1 is 0.438 bits per heavy atom. The van der Waals surface area contributed by atoms with Gasteiger partial charge in [-0.05, 0) is 86.1 Å². The molecular weight excluding hydrogens is 198 g/mol. The molecule has 0 saturated carbocycles. The first-order valence-electron chi connectivity index (χ1n) is 6.74. The first-order chi connectivity index (χ1) is 7.68. The summed E-state index contributed by atoms with van der Waals surface area (Å²) in [6, 6.07) is 0. The highest BCUT2D eigenvalue weighted by molar-refractivity contribution is 4.61. The topological polar surface area (TPSA) is 9.72 Å².